The van der Waals surface area contributed by atoms with Gasteiger partial charge in [-0.15, -0.1) is 11.3 Å². The predicted molar refractivity (Wildman–Crippen MR) is 101 cm³/mol. The molecule has 3 rings (SSSR count). The van der Waals surface area contributed by atoms with E-state index in [1.54, 1.807) is 5.38 Å². The van der Waals surface area contributed by atoms with Crippen molar-refractivity contribution in [3.8, 4) is 11.3 Å². The number of thiazole rings is 1. The summed E-state index contributed by atoms with van der Waals surface area (Å²) in [7, 11) is 0. The number of carbonyl (C=O) groups is 1. The fraction of sp³-hybridized carbons (Fsp3) is 0.211. The number of hydrogen-bond donors (Lipinski definition) is 1. The molecule has 0 aliphatic rings. The van der Waals surface area contributed by atoms with Crippen LogP contribution in [0.3, 0.4) is 0 Å². The van der Waals surface area contributed by atoms with E-state index in [2.05, 4.69) is 10.3 Å². The predicted octanol–water partition coefficient (Wildman–Crippen LogP) is 4.25. The minimum absolute atomic E-state index is 0.306. The molecular formula is C19H16F3N3O2S. The molecule has 0 aliphatic carbocycles. The first-order chi connectivity index (χ1) is 13.1. The van der Waals surface area contributed by atoms with Crippen LogP contribution in [0.25, 0.3) is 11.3 Å². The van der Waals surface area contributed by atoms with Gasteiger partial charge in [0.15, 0.2) is 5.13 Å². The summed E-state index contributed by atoms with van der Waals surface area (Å²) in [6, 6.07) is 7.39. The van der Waals surface area contributed by atoms with Crippen LogP contribution >= 0.6 is 11.3 Å². The zero-order valence-corrected chi connectivity index (χ0v) is 15.8. The molecular weight excluding hydrogens is 391 g/mol. The van der Waals surface area contributed by atoms with Gasteiger partial charge in [-0.1, -0.05) is 23.8 Å². The van der Waals surface area contributed by atoms with Crippen molar-refractivity contribution in [1.29, 1.82) is 0 Å². The summed E-state index contributed by atoms with van der Waals surface area (Å²) in [6.45, 7) is 3.40. The molecule has 0 spiro atoms. The number of halogens is 3. The molecule has 0 aliphatic heterocycles. The quantitative estimate of drug-likeness (QED) is 0.703. The molecule has 1 amide bonds. The number of nitrogens with zero attached hydrogens (tertiary/aromatic N) is 2. The fourth-order valence-electron chi connectivity index (χ4n) is 2.69. The number of hydrogen-bond acceptors (Lipinski definition) is 4. The number of rotatable bonds is 4. The molecule has 2 aromatic heterocycles. The number of carbonyl (C=O) groups excluding carboxylic acids is 1. The summed E-state index contributed by atoms with van der Waals surface area (Å²) < 4.78 is 39.1. The van der Waals surface area contributed by atoms with Gasteiger partial charge in [0.1, 0.15) is 6.54 Å². The molecule has 1 aromatic carbocycles. The Morgan fingerprint density at radius 1 is 1.21 bits per heavy atom. The summed E-state index contributed by atoms with van der Waals surface area (Å²) >= 11 is 1.20. The van der Waals surface area contributed by atoms with E-state index in [1.165, 1.54) is 11.3 Å². The molecule has 3 aromatic rings. The first-order valence-electron chi connectivity index (χ1n) is 8.24. The third kappa shape index (κ3) is 4.48. The van der Waals surface area contributed by atoms with Crippen LogP contribution in [0.4, 0.5) is 18.3 Å². The maximum Gasteiger partial charge on any atom is 0.417 e. The van der Waals surface area contributed by atoms with Gasteiger partial charge in [0.2, 0.25) is 5.91 Å². The highest BCUT2D eigenvalue weighted by atomic mass is 32.1. The second-order valence-electron chi connectivity index (χ2n) is 6.29. The Bertz CT molecular complexity index is 1090. The summed E-state index contributed by atoms with van der Waals surface area (Å²) in [4.78, 5) is 28.3. The SMILES string of the molecule is Cc1ccc(-c2csc(NC(=O)Cn3cc(C(F)(F)F)ccc3=O)n2)c(C)c1. The average Bonchev–Trinajstić information content (AvgIpc) is 3.03. The van der Waals surface area contributed by atoms with Gasteiger partial charge >= 0.3 is 6.18 Å². The maximum atomic E-state index is 12.8. The summed E-state index contributed by atoms with van der Waals surface area (Å²) in [5.41, 5.74) is 2.09. The first-order valence-corrected chi connectivity index (χ1v) is 9.12. The van der Waals surface area contributed by atoms with Crippen LogP contribution in [0.1, 0.15) is 16.7 Å². The Balaban J connectivity index is 1.74. The van der Waals surface area contributed by atoms with Gasteiger partial charge in [0.25, 0.3) is 5.56 Å². The third-order valence-corrected chi connectivity index (χ3v) is 4.79. The van der Waals surface area contributed by atoms with E-state index < -0.39 is 29.8 Å². The van der Waals surface area contributed by atoms with Crippen molar-refractivity contribution < 1.29 is 18.0 Å². The monoisotopic (exact) mass is 407 g/mol. The second kappa shape index (κ2) is 7.59. The number of pyridine rings is 1. The largest absolute Gasteiger partial charge is 0.417 e. The molecule has 0 unspecified atom stereocenters. The highest BCUT2D eigenvalue weighted by molar-refractivity contribution is 7.14. The van der Waals surface area contributed by atoms with E-state index in [4.69, 9.17) is 0 Å². The second-order valence-corrected chi connectivity index (χ2v) is 7.14. The molecule has 0 radical (unpaired) electrons. The van der Waals surface area contributed by atoms with Crippen LogP contribution in [0.15, 0.2) is 46.7 Å². The van der Waals surface area contributed by atoms with Gasteiger partial charge in [0, 0.05) is 23.2 Å². The van der Waals surface area contributed by atoms with Crippen LogP contribution in [-0.2, 0) is 17.5 Å². The van der Waals surface area contributed by atoms with E-state index in [1.807, 2.05) is 32.0 Å². The Kier molecular flexibility index (Phi) is 5.37. The number of aromatic nitrogens is 2. The summed E-state index contributed by atoms with van der Waals surface area (Å²) in [5, 5.41) is 4.61. The molecule has 5 nitrogen and oxygen atoms in total. The van der Waals surface area contributed by atoms with Gasteiger partial charge < -0.3 is 9.88 Å². The van der Waals surface area contributed by atoms with Crippen molar-refractivity contribution >= 4 is 22.4 Å². The van der Waals surface area contributed by atoms with E-state index in [9.17, 15) is 22.8 Å². The molecule has 2 heterocycles. The molecule has 0 atom stereocenters. The number of anilines is 1. The highest BCUT2D eigenvalue weighted by Crippen LogP contribution is 2.29. The fourth-order valence-corrected chi connectivity index (χ4v) is 3.42. The Morgan fingerprint density at radius 3 is 2.64 bits per heavy atom. The Hall–Kier alpha value is -2.94. The lowest BCUT2D eigenvalue weighted by atomic mass is 10.0. The lowest BCUT2D eigenvalue weighted by molar-refractivity contribution is -0.138. The van der Waals surface area contributed by atoms with Crippen molar-refractivity contribution in [2.75, 3.05) is 5.32 Å². The molecule has 0 bridgehead atoms. The number of benzene rings is 1. The van der Waals surface area contributed by atoms with Crippen molar-refractivity contribution in [2.45, 2.75) is 26.6 Å². The molecule has 0 saturated heterocycles. The molecule has 146 valence electrons. The van der Waals surface area contributed by atoms with E-state index in [-0.39, 0.29) is 0 Å². The van der Waals surface area contributed by atoms with Crippen molar-refractivity contribution in [2.24, 2.45) is 0 Å². The zero-order chi connectivity index (χ0) is 20.5. The maximum absolute atomic E-state index is 12.8. The third-order valence-electron chi connectivity index (χ3n) is 4.03. The molecule has 1 N–H and O–H groups in total. The van der Waals surface area contributed by atoms with Crippen LogP contribution in [0.5, 0.6) is 0 Å². The van der Waals surface area contributed by atoms with E-state index in [0.717, 1.165) is 27.3 Å². The van der Waals surface area contributed by atoms with Gasteiger partial charge in [-0.2, -0.15) is 13.2 Å². The smallest absolute Gasteiger partial charge is 0.305 e. The van der Waals surface area contributed by atoms with Gasteiger partial charge in [0.05, 0.1) is 11.3 Å². The molecule has 0 saturated carbocycles. The summed E-state index contributed by atoms with van der Waals surface area (Å²) in [6.07, 6.45) is -3.97. The van der Waals surface area contributed by atoms with Crippen LogP contribution in [0.2, 0.25) is 0 Å². The van der Waals surface area contributed by atoms with Crippen molar-refractivity contribution in [1.82, 2.24) is 9.55 Å². The van der Waals surface area contributed by atoms with Gasteiger partial charge in [-0.25, -0.2) is 4.98 Å². The minimum atomic E-state index is -4.60. The number of amides is 1. The van der Waals surface area contributed by atoms with E-state index in [0.29, 0.717) is 23.1 Å². The van der Waals surface area contributed by atoms with Crippen LogP contribution in [0, 0.1) is 13.8 Å². The average molecular weight is 407 g/mol. The van der Waals surface area contributed by atoms with Crippen LogP contribution in [-0.4, -0.2) is 15.5 Å². The van der Waals surface area contributed by atoms with Crippen molar-refractivity contribution in [3.63, 3.8) is 0 Å². The lowest BCUT2D eigenvalue weighted by Gasteiger charge is -2.10. The lowest BCUT2D eigenvalue weighted by Crippen LogP contribution is -2.28. The van der Waals surface area contributed by atoms with Gasteiger partial charge in [-0.05, 0) is 25.5 Å². The zero-order valence-electron chi connectivity index (χ0n) is 15.0. The van der Waals surface area contributed by atoms with E-state index >= 15 is 0 Å². The Labute approximate surface area is 162 Å². The van der Waals surface area contributed by atoms with Crippen molar-refractivity contribution in [3.05, 3.63) is 69.0 Å². The normalized spacial score (nSPS) is 11.5. The standard InChI is InChI=1S/C19H16F3N3O2S/c1-11-3-5-14(12(2)7-11)15-10-28-18(23-15)24-16(26)9-25-8-13(19(20,21)22)4-6-17(25)27/h3-8,10H,9H2,1-2H3,(H,23,24,26). The van der Waals surface area contributed by atoms with Gasteiger partial charge in [-0.3, -0.25) is 9.59 Å². The number of nitrogens with one attached hydrogen (secondary N) is 1. The number of alkyl halides is 3. The molecule has 0 fully saturated rings. The minimum Gasteiger partial charge on any atom is -0.305 e. The molecule has 28 heavy (non-hydrogen) atoms. The number of aryl methyl sites for hydroxylation is 2. The molecule has 9 heteroatoms. The Morgan fingerprint density at radius 2 is 1.96 bits per heavy atom. The summed E-state index contributed by atoms with van der Waals surface area (Å²) in [5.74, 6) is -0.636. The highest BCUT2D eigenvalue weighted by Gasteiger charge is 2.31. The first kappa shape index (κ1) is 19.8. The van der Waals surface area contributed by atoms with Crippen LogP contribution < -0.4 is 10.9 Å². The topological polar surface area (TPSA) is 64.0 Å².